The number of pyridine rings is 2. The van der Waals surface area contributed by atoms with Gasteiger partial charge in [-0.05, 0) is 36.9 Å². The molecule has 0 atom stereocenters. The van der Waals surface area contributed by atoms with E-state index in [-0.39, 0.29) is 5.56 Å². The van der Waals surface area contributed by atoms with Crippen LogP contribution in [0.15, 0.2) is 84.0 Å². The minimum absolute atomic E-state index is 0.187. The van der Waals surface area contributed by atoms with E-state index in [2.05, 4.69) is 44.0 Å². The molecule has 0 aliphatic carbocycles. The van der Waals surface area contributed by atoms with Crippen LogP contribution in [0.1, 0.15) is 11.3 Å². The fourth-order valence-electron chi connectivity index (χ4n) is 3.16. The van der Waals surface area contributed by atoms with Crippen molar-refractivity contribution >= 4 is 0 Å². The lowest BCUT2D eigenvalue weighted by molar-refractivity contribution is 0.315. The minimum Gasteiger partial charge on any atom is -0.306 e. The first-order valence-electron chi connectivity index (χ1n) is 9.37. The highest BCUT2D eigenvalue weighted by molar-refractivity contribution is 5.62. The normalized spacial score (nSPS) is 11.0. The third-order valence-electron chi connectivity index (χ3n) is 4.54. The predicted octanol–water partition coefficient (Wildman–Crippen LogP) is 3.53. The Hall–Kier alpha value is -3.64. The number of aromatic nitrogens is 4. The minimum atomic E-state index is -0.187. The van der Waals surface area contributed by atoms with E-state index in [1.807, 2.05) is 48.7 Å². The van der Waals surface area contributed by atoms with E-state index in [0.29, 0.717) is 11.5 Å². The second kappa shape index (κ2) is 8.58. The molecule has 3 aromatic heterocycles. The lowest BCUT2D eigenvalue weighted by Gasteiger charge is -2.16. The lowest BCUT2D eigenvalue weighted by Crippen LogP contribution is -2.17. The van der Waals surface area contributed by atoms with Crippen LogP contribution in [0.5, 0.6) is 0 Å². The largest absolute Gasteiger partial charge is 0.306 e. The molecule has 1 N–H and O–H groups in total. The summed E-state index contributed by atoms with van der Waals surface area (Å²) in [5.41, 5.74) is 4.32. The fraction of sp³-hybridized carbons (Fsp3) is 0.130. The molecule has 0 saturated heterocycles. The van der Waals surface area contributed by atoms with Crippen molar-refractivity contribution in [2.24, 2.45) is 0 Å². The summed E-state index contributed by atoms with van der Waals surface area (Å²) in [5, 5.41) is 0. The molecule has 6 nitrogen and oxygen atoms in total. The Bertz CT molecular complexity index is 1130. The molecule has 0 aliphatic rings. The molecule has 144 valence electrons. The Labute approximate surface area is 168 Å². The highest BCUT2D eigenvalue weighted by Gasteiger charge is 2.08. The summed E-state index contributed by atoms with van der Waals surface area (Å²) in [6, 6.07) is 19.2. The predicted molar refractivity (Wildman–Crippen MR) is 113 cm³/mol. The molecule has 4 aromatic rings. The molecular weight excluding hydrogens is 362 g/mol. The van der Waals surface area contributed by atoms with Crippen LogP contribution in [-0.4, -0.2) is 31.9 Å². The van der Waals surface area contributed by atoms with Crippen molar-refractivity contribution in [2.45, 2.75) is 13.1 Å². The first-order chi connectivity index (χ1) is 14.2. The molecule has 29 heavy (non-hydrogen) atoms. The number of H-pyrrole nitrogens is 1. The summed E-state index contributed by atoms with van der Waals surface area (Å²) >= 11 is 0. The second-order valence-electron chi connectivity index (χ2n) is 6.91. The topological polar surface area (TPSA) is 74.8 Å². The van der Waals surface area contributed by atoms with Crippen LogP contribution in [0, 0.1) is 0 Å². The van der Waals surface area contributed by atoms with Gasteiger partial charge >= 0.3 is 0 Å². The Morgan fingerprint density at radius 1 is 0.931 bits per heavy atom. The van der Waals surface area contributed by atoms with Gasteiger partial charge in [0, 0.05) is 48.9 Å². The van der Waals surface area contributed by atoms with Gasteiger partial charge in [0.2, 0.25) is 0 Å². The summed E-state index contributed by atoms with van der Waals surface area (Å²) in [7, 11) is 2.07. The van der Waals surface area contributed by atoms with E-state index in [1.54, 1.807) is 12.4 Å². The monoisotopic (exact) mass is 383 g/mol. The number of nitrogens with one attached hydrogen (secondary N) is 1. The van der Waals surface area contributed by atoms with Crippen LogP contribution in [0.4, 0.5) is 0 Å². The Morgan fingerprint density at radius 2 is 1.79 bits per heavy atom. The van der Waals surface area contributed by atoms with Crippen LogP contribution in [-0.2, 0) is 13.1 Å². The Morgan fingerprint density at radius 3 is 2.52 bits per heavy atom. The standard InChI is InChI=1S/C23H21N5O/c1-28(16-20-6-2-3-12-25-20)15-17-7-9-18(10-8-17)23-26-21(13-22(29)27-23)19-5-4-11-24-14-19/h2-14H,15-16H2,1H3,(H,26,27,29). The summed E-state index contributed by atoms with van der Waals surface area (Å²) in [6.07, 6.45) is 5.21. The molecule has 0 aliphatic heterocycles. The SMILES string of the molecule is CN(Cc1ccc(-c2nc(-c3cccnc3)cc(=O)[nH]2)cc1)Cc1ccccn1. The van der Waals surface area contributed by atoms with Crippen molar-refractivity contribution in [3.63, 3.8) is 0 Å². The fourth-order valence-corrected chi connectivity index (χ4v) is 3.16. The van der Waals surface area contributed by atoms with Gasteiger partial charge in [-0.25, -0.2) is 4.98 Å². The number of hydrogen-bond donors (Lipinski definition) is 1. The van der Waals surface area contributed by atoms with Gasteiger partial charge in [0.1, 0.15) is 5.82 Å². The molecule has 0 spiro atoms. The number of aromatic amines is 1. The van der Waals surface area contributed by atoms with Gasteiger partial charge in [-0.15, -0.1) is 0 Å². The molecule has 0 unspecified atom stereocenters. The quantitative estimate of drug-likeness (QED) is 0.551. The van der Waals surface area contributed by atoms with E-state index >= 15 is 0 Å². The number of rotatable bonds is 6. The zero-order chi connectivity index (χ0) is 20.1. The van der Waals surface area contributed by atoms with E-state index in [0.717, 1.165) is 29.9 Å². The molecular formula is C23H21N5O. The van der Waals surface area contributed by atoms with Crippen LogP contribution < -0.4 is 5.56 Å². The van der Waals surface area contributed by atoms with Crippen LogP contribution in [0.25, 0.3) is 22.6 Å². The number of benzene rings is 1. The average Bonchev–Trinajstić information content (AvgIpc) is 2.75. The van der Waals surface area contributed by atoms with Crippen molar-refractivity contribution in [1.82, 2.24) is 24.8 Å². The maximum Gasteiger partial charge on any atom is 0.251 e. The molecule has 0 bridgehead atoms. The van der Waals surface area contributed by atoms with E-state index < -0.39 is 0 Å². The summed E-state index contributed by atoms with van der Waals surface area (Å²) in [5.74, 6) is 0.546. The zero-order valence-corrected chi connectivity index (χ0v) is 16.1. The van der Waals surface area contributed by atoms with Gasteiger partial charge in [-0.2, -0.15) is 0 Å². The van der Waals surface area contributed by atoms with Gasteiger partial charge in [-0.1, -0.05) is 30.3 Å². The van der Waals surface area contributed by atoms with Crippen molar-refractivity contribution in [2.75, 3.05) is 7.05 Å². The van der Waals surface area contributed by atoms with Crippen LogP contribution in [0.2, 0.25) is 0 Å². The first-order valence-corrected chi connectivity index (χ1v) is 9.37. The lowest BCUT2D eigenvalue weighted by atomic mass is 10.1. The Kier molecular flexibility index (Phi) is 5.54. The van der Waals surface area contributed by atoms with E-state index in [1.165, 1.54) is 11.6 Å². The van der Waals surface area contributed by atoms with Crippen molar-refractivity contribution < 1.29 is 0 Å². The first kappa shape index (κ1) is 18.7. The van der Waals surface area contributed by atoms with Crippen LogP contribution >= 0.6 is 0 Å². The van der Waals surface area contributed by atoms with Gasteiger partial charge in [0.15, 0.2) is 0 Å². The van der Waals surface area contributed by atoms with Gasteiger partial charge in [0.25, 0.3) is 5.56 Å². The van der Waals surface area contributed by atoms with Crippen LogP contribution in [0.3, 0.4) is 0 Å². The molecule has 0 fully saturated rings. The molecule has 6 heteroatoms. The highest BCUT2D eigenvalue weighted by atomic mass is 16.1. The highest BCUT2D eigenvalue weighted by Crippen LogP contribution is 2.19. The van der Waals surface area contributed by atoms with E-state index in [9.17, 15) is 4.79 Å². The smallest absolute Gasteiger partial charge is 0.251 e. The summed E-state index contributed by atoms with van der Waals surface area (Å²) < 4.78 is 0. The summed E-state index contributed by atoms with van der Waals surface area (Å²) in [6.45, 7) is 1.58. The zero-order valence-electron chi connectivity index (χ0n) is 16.1. The second-order valence-corrected chi connectivity index (χ2v) is 6.91. The molecule has 0 amide bonds. The molecule has 4 rings (SSSR count). The van der Waals surface area contributed by atoms with Gasteiger partial charge in [-0.3, -0.25) is 19.7 Å². The molecule has 3 heterocycles. The molecule has 0 radical (unpaired) electrons. The Balaban J connectivity index is 1.51. The molecule has 1 aromatic carbocycles. The number of hydrogen-bond acceptors (Lipinski definition) is 5. The third-order valence-corrected chi connectivity index (χ3v) is 4.54. The van der Waals surface area contributed by atoms with Gasteiger partial charge < -0.3 is 4.98 Å². The van der Waals surface area contributed by atoms with Gasteiger partial charge in [0.05, 0.1) is 11.4 Å². The van der Waals surface area contributed by atoms with Crippen molar-refractivity contribution in [1.29, 1.82) is 0 Å². The molecule has 0 saturated carbocycles. The average molecular weight is 383 g/mol. The third kappa shape index (κ3) is 4.80. The van der Waals surface area contributed by atoms with E-state index in [4.69, 9.17) is 0 Å². The maximum atomic E-state index is 12.1. The van der Waals surface area contributed by atoms with Crippen molar-refractivity contribution in [3.05, 3.63) is 101 Å². The maximum absolute atomic E-state index is 12.1. The number of nitrogens with zero attached hydrogens (tertiary/aromatic N) is 4. The summed E-state index contributed by atoms with van der Waals surface area (Å²) in [4.78, 5) is 30.2. The van der Waals surface area contributed by atoms with Crippen molar-refractivity contribution in [3.8, 4) is 22.6 Å².